The fourth-order valence-corrected chi connectivity index (χ4v) is 1.36. The Morgan fingerprint density at radius 1 is 1.18 bits per heavy atom. The number of carboxylic acids is 1. The average Bonchev–Trinajstić information content (AvgIpc) is 2.38. The van der Waals surface area contributed by atoms with Gasteiger partial charge < -0.3 is 5.11 Å². The van der Waals surface area contributed by atoms with Gasteiger partial charge in [0, 0.05) is 18.6 Å². The second kappa shape index (κ2) is 5.03. The van der Waals surface area contributed by atoms with Crippen LogP contribution in [0.5, 0.6) is 0 Å². The lowest BCUT2D eigenvalue weighted by atomic mass is 10.2. The average molecular weight is 226 g/mol. The Kier molecular flexibility index (Phi) is 3.25. The topological polar surface area (TPSA) is 62.5 Å². The number of carbonyl (C=O) groups is 1. The molecule has 2 aromatic rings. The maximum absolute atomic E-state index is 10.9. The third-order valence-corrected chi connectivity index (χ3v) is 2.19. The lowest BCUT2D eigenvalue weighted by Gasteiger charge is -1.99. The van der Waals surface area contributed by atoms with E-state index in [1.54, 1.807) is 48.9 Å². The van der Waals surface area contributed by atoms with Crippen LogP contribution in [0, 0.1) is 0 Å². The number of nitrogens with zero attached hydrogens (tertiary/aromatic N) is 2. The van der Waals surface area contributed by atoms with Crippen molar-refractivity contribution in [2.24, 2.45) is 4.99 Å². The predicted octanol–water partition coefficient (Wildman–Crippen LogP) is 2.53. The van der Waals surface area contributed by atoms with Crippen LogP contribution in [0.4, 0.5) is 5.69 Å². The summed E-state index contributed by atoms with van der Waals surface area (Å²) in [6.45, 7) is 0. The minimum absolute atomic E-state index is 0.192. The second-order valence-electron chi connectivity index (χ2n) is 3.36. The molecular weight excluding hydrogens is 216 g/mol. The van der Waals surface area contributed by atoms with Crippen LogP contribution in [0.3, 0.4) is 0 Å². The molecule has 17 heavy (non-hydrogen) atoms. The largest absolute Gasteiger partial charge is 0.478 e. The van der Waals surface area contributed by atoms with Gasteiger partial charge in [0.05, 0.1) is 11.3 Å². The van der Waals surface area contributed by atoms with Crippen molar-refractivity contribution in [1.29, 1.82) is 0 Å². The van der Waals surface area contributed by atoms with Crippen LogP contribution in [0.25, 0.3) is 0 Å². The van der Waals surface area contributed by atoms with Crippen LogP contribution in [0.1, 0.15) is 15.9 Å². The highest BCUT2D eigenvalue weighted by atomic mass is 16.4. The highest BCUT2D eigenvalue weighted by Crippen LogP contribution is 2.18. The van der Waals surface area contributed by atoms with Crippen LogP contribution >= 0.6 is 0 Å². The first-order valence-corrected chi connectivity index (χ1v) is 5.04. The number of para-hydroxylation sites is 1. The number of aromatic nitrogens is 1. The molecule has 0 radical (unpaired) electrons. The van der Waals surface area contributed by atoms with Gasteiger partial charge >= 0.3 is 5.97 Å². The molecule has 1 aromatic carbocycles. The van der Waals surface area contributed by atoms with E-state index in [9.17, 15) is 4.79 Å². The van der Waals surface area contributed by atoms with E-state index in [1.807, 2.05) is 0 Å². The highest BCUT2D eigenvalue weighted by Gasteiger charge is 2.06. The molecule has 0 fully saturated rings. The van der Waals surface area contributed by atoms with Gasteiger partial charge in [0.2, 0.25) is 0 Å². The van der Waals surface area contributed by atoms with E-state index in [1.165, 1.54) is 6.07 Å². The zero-order valence-corrected chi connectivity index (χ0v) is 8.95. The standard InChI is InChI=1S/C13H10N2O2/c16-13(17)11-3-1-2-4-12(11)15-9-10-5-7-14-8-6-10/h1-9H,(H,16,17)/b15-9-. The maximum atomic E-state index is 10.9. The van der Waals surface area contributed by atoms with Crippen LogP contribution in [-0.2, 0) is 0 Å². The van der Waals surface area contributed by atoms with Gasteiger partial charge in [-0.3, -0.25) is 9.98 Å². The van der Waals surface area contributed by atoms with Crippen LogP contribution < -0.4 is 0 Å². The Morgan fingerprint density at radius 3 is 2.59 bits per heavy atom. The van der Waals surface area contributed by atoms with Gasteiger partial charge in [0.1, 0.15) is 0 Å². The molecule has 0 spiro atoms. The van der Waals surface area contributed by atoms with Gasteiger partial charge in [-0.15, -0.1) is 0 Å². The lowest BCUT2D eigenvalue weighted by molar-refractivity contribution is 0.0698. The third kappa shape index (κ3) is 2.75. The molecule has 0 amide bonds. The van der Waals surface area contributed by atoms with Gasteiger partial charge in [-0.05, 0) is 29.8 Å². The molecule has 0 saturated carbocycles. The minimum atomic E-state index is -0.979. The summed E-state index contributed by atoms with van der Waals surface area (Å²) in [6, 6.07) is 10.2. The first kappa shape index (κ1) is 11.0. The summed E-state index contributed by atoms with van der Waals surface area (Å²) >= 11 is 0. The Bertz CT molecular complexity index is 550. The molecule has 0 bridgehead atoms. The monoisotopic (exact) mass is 226 g/mol. The van der Waals surface area contributed by atoms with Crippen LogP contribution in [0.15, 0.2) is 53.8 Å². The summed E-state index contributed by atoms with van der Waals surface area (Å²) in [5.74, 6) is -0.979. The molecule has 4 heteroatoms. The second-order valence-corrected chi connectivity index (χ2v) is 3.36. The van der Waals surface area contributed by atoms with Crippen molar-refractivity contribution in [3.8, 4) is 0 Å². The normalized spacial score (nSPS) is 10.6. The molecule has 0 unspecified atom stereocenters. The molecule has 4 nitrogen and oxygen atoms in total. The zero-order chi connectivity index (χ0) is 12.1. The van der Waals surface area contributed by atoms with E-state index in [0.29, 0.717) is 5.69 Å². The van der Waals surface area contributed by atoms with Gasteiger partial charge in [-0.25, -0.2) is 4.79 Å². The van der Waals surface area contributed by atoms with E-state index >= 15 is 0 Å². The molecule has 0 aliphatic heterocycles. The number of hydrogen-bond acceptors (Lipinski definition) is 3. The smallest absolute Gasteiger partial charge is 0.337 e. The van der Waals surface area contributed by atoms with Crippen molar-refractivity contribution in [1.82, 2.24) is 4.98 Å². The number of carboxylic acid groups (broad SMARTS) is 1. The Labute approximate surface area is 98.3 Å². The highest BCUT2D eigenvalue weighted by molar-refractivity contribution is 5.95. The Morgan fingerprint density at radius 2 is 1.88 bits per heavy atom. The Balaban J connectivity index is 2.30. The summed E-state index contributed by atoms with van der Waals surface area (Å²) in [7, 11) is 0. The van der Waals surface area contributed by atoms with Crippen molar-refractivity contribution in [3.05, 3.63) is 59.9 Å². The van der Waals surface area contributed by atoms with Crippen molar-refractivity contribution in [2.45, 2.75) is 0 Å². The first-order valence-electron chi connectivity index (χ1n) is 5.04. The number of aromatic carboxylic acids is 1. The van der Waals surface area contributed by atoms with Crippen LogP contribution in [-0.4, -0.2) is 22.3 Å². The van der Waals surface area contributed by atoms with Crippen molar-refractivity contribution in [3.63, 3.8) is 0 Å². The molecule has 2 rings (SSSR count). The van der Waals surface area contributed by atoms with Crippen molar-refractivity contribution < 1.29 is 9.90 Å². The number of hydrogen-bond donors (Lipinski definition) is 1. The van der Waals surface area contributed by atoms with Crippen LogP contribution in [0.2, 0.25) is 0 Å². The Hall–Kier alpha value is -2.49. The van der Waals surface area contributed by atoms with Crippen molar-refractivity contribution in [2.75, 3.05) is 0 Å². The van der Waals surface area contributed by atoms with E-state index in [4.69, 9.17) is 5.11 Å². The minimum Gasteiger partial charge on any atom is -0.478 e. The third-order valence-electron chi connectivity index (χ3n) is 2.19. The van der Waals surface area contributed by atoms with Gasteiger partial charge in [0.15, 0.2) is 0 Å². The fraction of sp³-hybridized carbons (Fsp3) is 0. The quantitative estimate of drug-likeness (QED) is 0.818. The van der Waals surface area contributed by atoms with E-state index < -0.39 is 5.97 Å². The molecule has 84 valence electrons. The summed E-state index contributed by atoms with van der Waals surface area (Å²) < 4.78 is 0. The molecule has 1 aromatic heterocycles. The molecule has 0 aliphatic carbocycles. The van der Waals surface area contributed by atoms with Crippen molar-refractivity contribution >= 4 is 17.9 Å². The van der Waals surface area contributed by atoms with E-state index in [-0.39, 0.29) is 5.56 Å². The summed E-state index contributed by atoms with van der Waals surface area (Å²) in [4.78, 5) is 19.0. The van der Waals surface area contributed by atoms with Gasteiger partial charge in [0.25, 0.3) is 0 Å². The fourth-order valence-electron chi connectivity index (χ4n) is 1.36. The molecule has 1 heterocycles. The number of aliphatic imine (C=N–C) groups is 1. The lowest BCUT2D eigenvalue weighted by Crippen LogP contribution is -1.96. The molecule has 1 N–H and O–H groups in total. The molecule has 0 aliphatic rings. The van der Waals surface area contributed by atoms with E-state index in [2.05, 4.69) is 9.98 Å². The zero-order valence-electron chi connectivity index (χ0n) is 8.95. The maximum Gasteiger partial charge on any atom is 0.337 e. The molecule has 0 saturated heterocycles. The van der Waals surface area contributed by atoms with Gasteiger partial charge in [-0.1, -0.05) is 12.1 Å². The number of pyridine rings is 1. The number of benzene rings is 1. The summed E-state index contributed by atoms with van der Waals surface area (Å²) in [6.07, 6.45) is 4.93. The van der Waals surface area contributed by atoms with E-state index in [0.717, 1.165) is 5.56 Å². The van der Waals surface area contributed by atoms with Gasteiger partial charge in [-0.2, -0.15) is 0 Å². The first-order chi connectivity index (χ1) is 8.27. The number of rotatable bonds is 3. The molecular formula is C13H10N2O2. The predicted molar refractivity (Wildman–Crippen MR) is 64.9 cm³/mol. The molecule has 0 atom stereocenters. The SMILES string of the molecule is O=C(O)c1ccccc1/N=C\c1ccncc1. The summed E-state index contributed by atoms with van der Waals surface area (Å²) in [5, 5.41) is 8.98. The summed E-state index contributed by atoms with van der Waals surface area (Å²) in [5.41, 5.74) is 1.51.